The highest BCUT2D eigenvalue weighted by atomic mass is 19.3. The van der Waals surface area contributed by atoms with Crippen molar-refractivity contribution in [1.82, 2.24) is 0 Å². The van der Waals surface area contributed by atoms with E-state index in [2.05, 4.69) is 14.2 Å². The molecule has 2 rings (SSSR count). The smallest absolute Gasteiger partial charge is 0.298 e. The van der Waals surface area contributed by atoms with Gasteiger partial charge in [0, 0.05) is 12.8 Å². The van der Waals surface area contributed by atoms with Crippen molar-refractivity contribution < 1.29 is 49.3 Å². The Morgan fingerprint density at radius 1 is 0.739 bits per heavy atom. The summed E-state index contributed by atoms with van der Waals surface area (Å²) in [5.41, 5.74) is 0. The van der Waals surface area contributed by atoms with Gasteiger partial charge in [0.1, 0.15) is 0 Å². The van der Waals surface area contributed by atoms with E-state index in [4.69, 9.17) is 0 Å². The number of hydrogen-bond donors (Lipinski definition) is 0. The van der Waals surface area contributed by atoms with Crippen molar-refractivity contribution in [2.75, 3.05) is 0 Å². The molecule has 0 radical (unpaired) electrons. The second-order valence-corrected chi connectivity index (χ2v) is 5.49. The highest BCUT2D eigenvalue weighted by Crippen LogP contribution is 2.66. The summed E-state index contributed by atoms with van der Waals surface area (Å²) in [5.74, 6) is -17.2. The lowest BCUT2D eigenvalue weighted by Gasteiger charge is -2.35. The third-order valence-electron chi connectivity index (χ3n) is 3.63. The molecule has 0 spiro atoms. The summed E-state index contributed by atoms with van der Waals surface area (Å²) in [6, 6.07) is 0. The Morgan fingerprint density at radius 2 is 1.00 bits per heavy atom. The van der Waals surface area contributed by atoms with Crippen LogP contribution in [-0.2, 0) is 14.2 Å². The molecule has 11 heteroatoms. The number of rotatable bonds is 8. The maximum Gasteiger partial charge on any atom is 0.423 e. The number of alkyl halides is 8. The molecule has 0 aromatic heterocycles. The van der Waals surface area contributed by atoms with E-state index in [-0.39, 0.29) is 12.8 Å². The summed E-state index contributed by atoms with van der Waals surface area (Å²) < 4.78 is 119. The fraction of sp³-hybridized carbons (Fsp3) is 1.00. The largest absolute Gasteiger partial charge is 0.423 e. The number of ether oxygens (including phenoxy) is 3. The minimum atomic E-state index is -4.65. The molecule has 136 valence electrons. The van der Waals surface area contributed by atoms with Gasteiger partial charge in [-0.15, -0.1) is 0 Å². The first-order valence-corrected chi connectivity index (χ1v) is 6.86. The molecular weight excluding hydrogens is 344 g/mol. The fourth-order valence-electron chi connectivity index (χ4n) is 2.34. The highest BCUT2D eigenvalue weighted by molar-refractivity contribution is 5.10. The third-order valence-corrected chi connectivity index (χ3v) is 3.63. The van der Waals surface area contributed by atoms with Crippen LogP contribution in [0.4, 0.5) is 35.1 Å². The van der Waals surface area contributed by atoms with E-state index < -0.39 is 48.5 Å². The first-order chi connectivity index (χ1) is 10.2. The summed E-state index contributed by atoms with van der Waals surface area (Å²) in [6.45, 7) is 2.41. The Kier molecular flexibility index (Phi) is 3.99. The van der Waals surface area contributed by atoms with Crippen molar-refractivity contribution in [3.05, 3.63) is 0 Å². The average Bonchev–Trinajstić information content (AvgIpc) is 3.10. The Morgan fingerprint density at radius 3 is 1.17 bits per heavy atom. The molecule has 0 saturated carbocycles. The van der Waals surface area contributed by atoms with Crippen LogP contribution in [0.5, 0.6) is 0 Å². The van der Waals surface area contributed by atoms with E-state index in [9.17, 15) is 35.1 Å². The molecule has 23 heavy (non-hydrogen) atoms. The molecule has 2 aliphatic rings. The van der Waals surface area contributed by atoms with Gasteiger partial charge < -0.3 is 0 Å². The predicted molar refractivity (Wildman–Crippen MR) is 58.3 cm³/mol. The Hall–Kier alpha value is -0.680. The molecule has 0 aromatic rings. The first-order valence-electron chi connectivity index (χ1n) is 6.86. The van der Waals surface area contributed by atoms with Crippen LogP contribution in [0.15, 0.2) is 0 Å². The van der Waals surface area contributed by atoms with Gasteiger partial charge in [-0.25, -0.2) is 8.78 Å². The summed E-state index contributed by atoms with van der Waals surface area (Å²) in [7, 11) is 0. The van der Waals surface area contributed by atoms with Crippen LogP contribution >= 0.6 is 0 Å². The molecule has 2 saturated heterocycles. The third kappa shape index (κ3) is 2.42. The zero-order chi connectivity index (χ0) is 17.9. The SMILES string of the molecule is CCCC(F)(OC(F)(CCC)C1(F)OC1(F)F)C1(F)OC1(F)F. The second kappa shape index (κ2) is 4.92. The van der Waals surface area contributed by atoms with Gasteiger partial charge in [0.05, 0.1) is 0 Å². The molecule has 0 N–H and O–H groups in total. The van der Waals surface area contributed by atoms with Crippen molar-refractivity contribution in [3.63, 3.8) is 0 Å². The molecule has 2 aliphatic heterocycles. The number of halogens is 8. The topological polar surface area (TPSA) is 34.3 Å². The van der Waals surface area contributed by atoms with Gasteiger partial charge in [-0.1, -0.05) is 26.7 Å². The van der Waals surface area contributed by atoms with E-state index >= 15 is 0 Å². The minimum absolute atomic E-state index is 0.347. The van der Waals surface area contributed by atoms with Crippen molar-refractivity contribution in [3.8, 4) is 0 Å². The lowest BCUT2D eigenvalue weighted by atomic mass is 10.0. The Balaban J connectivity index is 2.34. The van der Waals surface area contributed by atoms with Crippen LogP contribution in [-0.4, -0.2) is 35.6 Å². The molecule has 0 aromatic carbocycles. The van der Waals surface area contributed by atoms with Gasteiger partial charge in [-0.3, -0.25) is 14.2 Å². The zero-order valence-electron chi connectivity index (χ0n) is 12.1. The van der Waals surface area contributed by atoms with Gasteiger partial charge in [0.15, 0.2) is 0 Å². The van der Waals surface area contributed by atoms with Gasteiger partial charge in [-0.05, 0) is 0 Å². The van der Waals surface area contributed by atoms with Crippen molar-refractivity contribution in [2.24, 2.45) is 0 Å². The molecule has 0 bridgehead atoms. The molecule has 3 nitrogen and oxygen atoms in total. The van der Waals surface area contributed by atoms with Gasteiger partial charge in [-0.2, -0.15) is 26.3 Å². The second-order valence-electron chi connectivity index (χ2n) is 5.49. The van der Waals surface area contributed by atoms with E-state index in [0.717, 1.165) is 0 Å². The van der Waals surface area contributed by atoms with Gasteiger partial charge in [0.25, 0.3) is 11.7 Å². The van der Waals surface area contributed by atoms with Crippen LogP contribution in [0.25, 0.3) is 0 Å². The van der Waals surface area contributed by atoms with Crippen LogP contribution in [0.2, 0.25) is 0 Å². The molecule has 0 amide bonds. The van der Waals surface area contributed by atoms with Crippen molar-refractivity contribution in [1.29, 1.82) is 0 Å². The van der Waals surface area contributed by atoms with Crippen LogP contribution in [0.1, 0.15) is 39.5 Å². The quantitative estimate of drug-likeness (QED) is 0.473. The lowest BCUT2D eigenvalue weighted by Crippen LogP contribution is -2.55. The highest BCUT2D eigenvalue weighted by Gasteiger charge is 2.92. The molecule has 4 unspecified atom stereocenters. The van der Waals surface area contributed by atoms with Crippen LogP contribution in [0.3, 0.4) is 0 Å². The summed E-state index contributed by atoms with van der Waals surface area (Å²) in [4.78, 5) is 0. The minimum Gasteiger partial charge on any atom is -0.298 e. The van der Waals surface area contributed by atoms with E-state index in [1.165, 1.54) is 13.8 Å². The summed E-state index contributed by atoms with van der Waals surface area (Å²) >= 11 is 0. The molecule has 2 fully saturated rings. The molecule has 4 atom stereocenters. The van der Waals surface area contributed by atoms with Crippen LogP contribution < -0.4 is 0 Å². The van der Waals surface area contributed by atoms with E-state index in [1.807, 2.05) is 0 Å². The van der Waals surface area contributed by atoms with E-state index in [0.29, 0.717) is 0 Å². The van der Waals surface area contributed by atoms with Crippen molar-refractivity contribution >= 4 is 0 Å². The fourth-order valence-corrected chi connectivity index (χ4v) is 2.34. The first kappa shape index (κ1) is 18.7. The predicted octanol–water partition coefficient (Wildman–Crippen LogP) is 4.51. The van der Waals surface area contributed by atoms with Crippen LogP contribution in [0, 0.1) is 0 Å². The van der Waals surface area contributed by atoms with Crippen molar-refractivity contribution in [2.45, 2.75) is 75.2 Å². The Labute approximate surface area is 125 Å². The van der Waals surface area contributed by atoms with Gasteiger partial charge in [0.2, 0.25) is 0 Å². The summed E-state index contributed by atoms with van der Waals surface area (Å²) in [6.07, 6.45) is -12.4. The lowest BCUT2D eigenvalue weighted by molar-refractivity contribution is -0.357. The maximum atomic E-state index is 14.6. The average molecular weight is 358 g/mol. The standard InChI is InChI=1S/C12H14F8O3/c1-3-5-7(13,9(15)11(17,18)22-9)21-8(14,6-4-2)10(16)12(19,20)23-10/h3-6H2,1-2H3. The maximum absolute atomic E-state index is 14.6. The normalized spacial score (nSPS) is 39.4. The monoisotopic (exact) mass is 358 g/mol. The number of hydrogen-bond acceptors (Lipinski definition) is 3. The Bertz CT molecular complexity index is 449. The van der Waals surface area contributed by atoms with Gasteiger partial charge >= 0.3 is 23.9 Å². The zero-order valence-corrected chi connectivity index (χ0v) is 12.1. The number of epoxide rings is 2. The van der Waals surface area contributed by atoms with E-state index in [1.54, 1.807) is 0 Å². The molecular formula is C12H14F8O3. The molecule has 2 heterocycles. The summed E-state index contributed by atoms with van der Waals surface area (Å²) in [5, 5.41) is 0. The molecule has 0 aliphatic carbocycles.